The monoisotopic (exact) mass is 461 g/mol. The Bertz CT molecular complexity index is 1560. The summed E-state index contributed by atoms with van der Waals surface area (Å²) < 4.78 is 1.80. The number of carbonyl (C=O) groups is 2. The van der Waals surface area contributed by atoms with E-state index in [0.29, 0.717) is 23.4 Å². The van der Waals surface area contributed by atoms with E-state index in [4.69, 9.17) is 5.10 Å². The highest BCUT2D eigenvalue weighted by atomic mass is 16.1. The van der Waals surface area contributed by atoms with Crippen molar-refractivity contribution in [1.82, 2.24) is 19.6 Å². The summed E-state index contributed by atoms with van der Waals surface area (Å²) in [4.78, 5) is 32.3. The summed E-state index contributed by atoms with van der Waals surface area (Å²) in [5, 5.41) is 8.35. The van der Waals surface area contributed by atoms with Crippen LogP contribution >= 0.6 is 0 Å². The fraction of sp³-hybridized carbons (Fsp3) is 0.107. The largest absolute Gasteiger partial charge is 0.379 e. The number of Topliss-reactive ketones (excluding diaryl/α,β-unsaturated/α-hetero) is 2. The number of nitrogens with one attached hydrogen (secondary N) is 1. The van der Waals surface area contributed by atoms with Gasteiger partial charge in [-0.3, -0.25) is 19.6 Å². The average molecular weight is 462 g/mol. The third kappa shape index (κ3) is 4.56. The number of ketones is 2. The Morgan fingerprint density at radius 2 is 1.49 bits per heavy atom. The number of pyridine rings is 2. The van der Waals surface area contributed by atoms with E-state index in [-0.39, 0.29) is 11.6 Å². The number of benzene rings is 1. The average Bonchev–Trinajstić information content (AvgIpc) is 3.32. The van der Waals surface area contributed by atoms with Crippen LogP contribution in [0.15, 0.2) is 85.6 Å². The van der Waals surface area contributed by atoms with Crippen LogP contribution in [0.5, 0.6) is 0 Å². The predicted molar refractivity (Wildman–Crippen MR) is 135 cm³/mol. The van der Waals surface area contributed by atoms with Gasteiger partial charge in [-0.15, -0.1) is 0 Å². The third-order valence-corrected chi connectivity index (χ3v) is 5.84. The Labute approximate surface area is 202 Å². The van der Waals surface area contributed by atoms with Crippen LogP contribution in [-0.4, -0.2) is 31.1 Å². The predicted octanol–water partition coefficient (Wildman–Crippen LogP) is 5.48. The van der Waals surface area contributed by atoms with E-state index in [1.165, 1.54) is 13.8 Å². The van der Waals surface area contributed by atoms with Crippen LogP contribution in [-0.2, 0) is 6.54 Å². The maximum Gasteiger partial charge on any atom is 0.161 e. The van der Waals surface area contributed by atoms with Gasteiger partial charge in [-0.2, -0.15) is 5.10 Å². The Morgan fingerprint density at radius 3 is 2.17 bits per heavy atom. The number of hydrogen-bond acceptors (Lipinski definition) is 6. The highest BCUT2D eigenvalue weighted by Gasteiger charge is 2.16. The first-order valence-electron chi connectivity index (χ1n) is 11.2. The van der Waals surface area contributed by atoms with Gasteiger partial charge in [0, 0.05) is 65.3 Å². The van der Waals surface area contributed by atoms with E-state index in [1.807, 2.05) is 42.6 Å². The smallest absolute Gasteiger partial charge is 0.161 e. The fourth-order valence-corrected chi connectivity index (χ4v) is 3.98. The molecule has 5 rings (SSSR count). The van der Waals surface area contributed by atoms with E-state index >= 15 is 0 Å². The Hall–Kier alpha value is -4.65. The summed E-state index contributed by atoms with van der Waals surface area (Å²) in [6, 6.07) is 17.7. The van der Waals surface area contributed by atoms with Crippen molar-refractivity contribution in [2.45, 2.75) is 20.4 Å². The second-order valence-corrected chi connectivity index (χ2v) is 8.34. The van der Waals surface area contributed by atoms with Gasteiger partial charge in [-0.05, 0) is 43.7 Å². The quantitative estimate of drug-likeness (QED) is 0.323. The van der Waals surface area contributed by atoms with Crippen LogP contribution in [0.3, 0.4) is 0 Å². The minimum absolute atomic E-state index is 0.0384. The summed E-state index contributed by atoms with van der Waals surface area (Å²) in [5.74, 6) is -0.0903. The number of rotatable bonds is 7. The molecule has 0 radical (unpaired) electrons. The molecule has 7 nitrogen and oxygen atoms in total. The zero-order chi connectivity index (χ0) is 24.4. The summed E-state index contributed by atoms with van der Waals surface area (Å²) in [7, 11) is 0. The van der Waals surface area contributed by atoms with Gasteiger partial charge >= 0.3 is 0 Å². The van der Waals surface area contributed by atoms with Gasteiger partial charge in [0.1, 0.15) is 0 Å². The molecule has 0 aliphatic rings. The number of aromatic nitrogens is 4. The first kappa shape index (κ1) is 22.2. The lowest BCUT2D eigenvalue weighted by Crippen LogP contribution is -2.05. The Kier molecular flexibility index (Phi) is 5.89. The van der Waals surface area contributed by atoms with Crippen molar-refractivity contribution in [3.63, 3.8) is 0 Å². The molecule has 0 unspecified atom stereocenters. The molecule has 0 amide bonds. The van der Waals surface area contributed by atoms with E-state index in [9.17, 15) is 9.59 Å². The molecule has 5 aromatic rings. The normalized spacial score (nSPS) is 10.9. The zero-order valence-corrected chi connectivity index (χ0v) is 19.4. The van der Waals surface area contributed by atoms with Crippen LogP contribution in [0.4, 0.5) is 5.69 Å². The second-order valence-electron chi connectivity index (χ2n) is 8.34. The highest BCUT2D eigenvalue weighted by molar-refractivity contribution is 5.97. The van der Waals surface area contributed by atoms with E-state index in [2.05, 4.69) is 27.4 Å². The molecule has 0 saturated heterocycles. The van der Waals surface area contributed by atoms with Gasteiger partial charge in [0.25, 0.3) is 0 Å². The van der Waals surface area contributed by atoms with Crippen molar-refractivity contribution in [3.05, 3.63) is 102 Å². The first-order chi connectivity index (χ1) is 17.0. The van der Waals surface area contributed by atoms with Crippen LogP contribution in [0.2, 0.25) is 0 Å². The van der Waals surface area contributed by atoms with Gasteiger partial charge in [-0.25, -0.2) is 4.52 Å². The third-order valence-electron chi connectivity index (χ3n) is 5.84. The number of carbonyl (C=O) groups excluding carboxylic acids is 2. The van der Waals surface area contributed by atoms with Crippen LogP contribution in [0, 0.1) is 0 Å². The van der Waals surface area contributed by atoms with Crippen molar-refractivity contribution in [2.75, 3.05) is 5.32 Å². The fourth-order valence-electron chi connectivity index (χ4n) is 3.98. The lowest BCUT2D eigenvalue weighted by Gasteiger charge is -2.13. The maximum atomic E-state index is 11.9. The second kappa shape index (κ2) is 9.30. The van der Waals surface area contributed by atoms with Crippen molar-refractivity contribution < 1.29 is 9.59 Å². The molecular weight excluding hydrogens is 438 g/mol. The van der Waals surface area contributed by atoms with Crippen LogP contribution in [0.1, 0.15) is 40.1 Å². The molecule has 0 aliphatic carbocycles. The molecule has 7 heteroatoms. The Morgan fingerprint density at radius 1 is 0.829 bits per heavy atom. The van der Waals surface area contributed by atoms with Gasteiger partial charge in [-0.1, -0.05) is 30.3 Å². The summed E-state index contributed by atoms with van der Waals surface area (Å²) in [6.07, 6.45) is 8.46. The van der Waals surface area contributed by atoms with Crippen LogP contribution < -0.4 is 5.32 Å². The molecule has 1 N–H and O–H groups in total. The molecule has 1 aromatic carbocycles. The van der Waals surface area contributed by atoms with Gasteiger partial charge < -0.3 is 5.32 Å². The molecule has 0 atom stereocenters. The molecule has 0 saturated carbocycles. The highest BCUT2D eigenvalue weighted by Crippen LogP contribution is 2.33. The van der Waals surface area contributed by atoms with E-state index < -0.39 is 0 Å². The SMILES string of the molecule is CC(=O)c1cncc(-c2cc(NCc3ccccc3)c3c(-c4cncc(C(C)=O)c4)ccn3n2)c1. The van der Waals surface area contributed by atoms with Gasteiger partial charge in [0.15, 0.2) is 11.6 Å². The summed E-state index contributed by atoms with van der Waals surface area (Å²) in [6.45, 7) is 3.66. The van der Waals surface area contributed by atoms with Crippen molar-refractivity contribution >= 4 is 22.8 Å². The number of anilines is 1. The first-order valence-corrected chi connectivity index (χ1v) is 11.2. The van der Waals surface area contributed by atoms with Crippen molar-refractivity contribution in [1.29, 1.82) is 0 Å². The lowest BCUT2D eigenvalue weighted by atomic mass is 10.0. The molecule has 0 fully saturated rings. The maximum absolute atomic E-state index is 11.9. The number of nitrogens with zero attached hydrogens (tertiary/aromatic N) is 4. The molecule has 0 spiro atoms. The molecule has 0 aliphatic heterocycles. The van der Waals surface area contributed by atoms with Gasteiger partial charge in [0.2, 0.25) is 0 Å². The van der Waals surface area contributed by atoms with E-state index in [1.54, 1.807) is 35.4 Å². The van der Waals surface area contributed by atoms with Crippen LogP contribution in [0.25, 0.3) is 27.9 Å². The zero-order valence-electron chi connectivity index (χ0n) is 19.4. The van der Waals surface area contributed by atoms with Crippen molar-refractivity contribution in [2.24, 2.45) is 0 Å². The molecule has 35 heavy (non-hydrogen) atoms. The lowest BCUT2D eigenvalue weighted by molar-refractivity contribution is 0.100. The molecule has 4 aromatic heterocycles. The van der Waals surface area contributed by atoms with E-state index in [0.717, 1.165) is 33.5 Å². The van der Waals surface area contributed by atoms with Crippen molar-refractivity contribution in [3.8, 4) is 22.4 Å². The molecule has 0 bridgehead atoms. The minimum atomic E-state index is -0.0519. The summed E-state index contributed by atoms with van der Waals surface area (Å²) in [5.41, 5.74) is 7.12. The molecular formula is C28H23N5O2. The molecule has 4 heterocycles. The Balaban J connectivity index is 1.66. The topological polar surface area (TPSA) is 89.2 Å². The summed E-state index contributed by atoms with van der Waals surface area (Å²) >= 11 is 0. The minimum Gasteiger partial charge on any atom is -0.379 e. The van der Waals surface area contributed by atoms with Gasteiger partial charge in [0.05, 0.1) is 16.9 Å². The number of fused-ring (bicyclic) bond motifs is 1. The molecule has 172 valence electrons. The number of hydrogen-bond donors (Lipinski definition) is 1. The standard InChI is InChI=1S/C28H23N5O2/c1-18(34)21-10-23(16-29-14-21)25-8-9-33-28(25)27(31-13-20-6-4-3-5-7-20)12-26(32-33)24-11-22(19(2)35)15-30-17-24/h3-12,14-17,31H,13H2,1-2H3.